The average Bonchev–Trinajstić information content (AvgIpc) is 3.91. The van der Waals surface area contributed by atoms with Gasteiger partial charge in [0.2, 0.25) is 0 Å². The van der Waals surface area contributed by atoms with E-state index in [4.69, 9.17) is 14.2 Å². The largest absolute Gasteiger partial charge is 3.00 e. The van der Waals surface area contributed by atoms with Gasteiger partial charge in [0.05, 0.1) is 14.1 Å². The van der Waals surface area contributed by atoms with Crippen molar-refractivity contribution in [1.82, 2.24) is 0 Å². The normalized spacial score (nSPS) is 13.6. The van der Waals surface area contributed by atoms with Crippen LogP contribution in [0.5, 0.6) is 11.5 Å². The van der Waals surface area contributed by atoms with Crippen LogP contribution in [0.2, 0.25) is 0 Å². The molecule has 1 heterocycles. The van der Waals surface area contributed by atoms with Crippen LogP contribution in [0.15, 0.2) is 155 Å². The van der Waals surface area contributed by atoms with E-state index >= 15 is 10.2 Å². The fraction of sp³-hybridized carbons (Fsp3) is 0.446. The molecule has 0 radical (unpaired) electrons. The van der Waals surface area contributed by atoms with Crippen molar-refractivity contribution in [2.45, 2.75) is 158 Å². The summed E-state index contributed by atoms with van der Waals surface area (Å²) in [5.41, 5.74) is 1.47. The first-order valence-corrected chi connectivity index (χ1v) is 29.7. The van der Waals surface area contributed by atoms with Crippen LogP contribution in [-0.2, 0) is 59.1 Å². The Balaban J connectivity index is 0.000000972. The second kappa shape index (κ2) is 25.3. The Labute approximate surface area is 473 Å². The predicted molar refractivity (Wildman–Crippen MR) is 312 cm³/mol. The van der Waals surface area contributed by atoms with Crippen molar-refractivity contribution >= 4 is 45.9 Å². The molecule has 394 valence electrons. The number of hydrogen-bond acceptors (Lipinski definition) is 6. The zero-order valence-corrected chi connectivity index (χ0v) is 52.7. The SMILES string of the molecule is C1CCOC1.CC(C)(C)[O-].CC(C)(CN=P(c1ccccc1)(c1ccccc1)c1cc(C(C)(C)C)cc(C(C)(C)C)c1[O-])CN=P(c1ccccc1)(c1ccccc1)c1cc(C(C)(C)C)cc(C(C)(C)C)c1[O-].[Y+3]. The Morgan fingerprint density at radius 1 is 0.419 bits per heavy atom. The molecule has 1 aliphatic rings. The van der Waals surface area contributed by atoms with Gasteiger partial charge in [-0.2, -0.15) is 0 Å². The van der Waals surface area contributed by atoms with Crippen molar-refractivity contribution in [3.8, 4) is 11.5 Å². The van der Waals surface area contributed by atoms with Crippen LogP contribution >= 0.6 is 14.1 Å². The molecule has 6 nitrogen and oxygen atoms in total. The van der Waals surface area contributed by atoms with E-state index in [-0.39, 0.29) is 65.9 Å². The Morgan fingerprint density at radius 3 is 0.878 bits per heavy atom. The van der Waals surface area contributed by atoms with Gasteiger partial charge in [0.15, 0.2) is 0 Å². The second-order valence-corrected chi connectivity index (χ2v) is 31.7. The number of nitrogens with zero attached hydrogens (tertiary/aromatic N) is 2. The van der Waals surface area contributed by atoms with Gasteiger partial charge in [-0.15, -0.1) is 5.60 Å². The van der Waals surface area contributed by atoms with E-state index in [2.05, 4.69) is 218 Å². The topological polar surface area (TPSA) is 103 Å². The Kier molecular flexibility index (Phi) is 21.5. The minimum Gasteiger partial charge on any atom is -0.872 e. The number of rotatable bonds is 10. The zero-order valence-electron chi connectivity index (χ0n) is 48.1. The summed E-state index contributed by atoms with van der Waals surface area (Å²) in [4.78, 5) is 0. The summed E-state index contributed by atoms with van der Waals surface area (Å²) in [5.74, 6) is 0.134. The summed E-state index contributed by atoms with van der Waals surface area (Å²) in [6.07, 6.45) is 2.56. The Hall–Kier alpha value is -3.60. The molecule has 9 heteroatoms. The van der Waals surface area contributed by atoms with Gasteiger partial charge in [-0.25, -0.2) is 0 Å². The van der Waals surface area contributed by atoms with Crippen LogP contribution in [0.4, 0.5) is 0 Å². The first-order valence-electron chi connectivity index (χ1n) is 26.2. The van der Waals surface area contributed by atoms with Gasteiger partial charge < -0.3 is 20.1 Å². The molecule has 7 rings (SSSR count). The van der Waals surface area contributed by atoms with Crippen LogP contribution < -0.4 is 47.1 Å². The van der Waals surface area contributed by atoms with E-state index in [1.54, 1.807) is 20.8 Å². The maximum Gasteiger partial charge on any atom is 3.00 e. The molecule has 0 unspecified atom stereocenters. The second-order valence-electron chi connectivity index (χ2n) is 25.6. The molecule has 0 aromatic heterocycles. The maximum absolute atomic E-state index is 15.3. The number of benzene rings is 6. The molecule has 74 heavy (non-hydrogen) atoms. The third-order valence-electron chi connectivity index (χ3n) is 13.0. The first-order chi connectivity index (χ1) is 33.8. The van der Waals surface area contributed by atoms with Crippen LogP contribution in [0.3, 0.4) is 0 Å². The van der Waals surface area contributed by atoms with E-state index < -0.39 is 25.1 Å². The average molecular weight is 1110 g/mol. The fourth-order valence-corrected chi connectivity index (χ4v) is 16.5. The Bertz CT molecular complexity index is 2560. The predicted octanol–water partition coefficient (Wildman–Crippen LogP) is 12.6. The van der Waals surface area contributed by atoms with Crippen molar-refractivity contribution in [3.05, 3.63) is 168 Å². The molecule has 6 aromatic carbocycles. The molecular formula is C65H87N2O4P2Y. The summed E-state index contributed by atoms with van der Waals surface area (Å²) in [6, 6.07) is 50.6. The molecule has 1 fully saturated rings. The standard InChI is InChI=1S/C57H72N2O2P2.C4H8O.C4H9O.Y/c1-53(2,3)41-35-47(55(7,8)9)51(60)49(37-41)62(43-27-19-15-20-28-43,44-29-21-16-22-30-44)58-39-57(13,14)40-59-63(45-31-23-17-24-32-45,46-33-25-18-26-34-46)50-38-42(54(4,5)6)36-48(52(50)61)56(10,11)12;1-2-4-5-3-1;1-4(2,3)5;/h15-38,60-61H,39-40H2,1-14H3;1-4H2;1-3H3;/q;;-1;+3/p-2. The van der Waals surface area contributed by atoms with Gasteiger partial charge in [0, 0.05) is 52.9 Å². The smallest absolute Gasteiger partial charge is 0.872 e. The van der Waals surface area contributed by atoms with E-state index in [1.165, 1.54) is 12.8 Å². The summed E-state index contributed by atoms with van der Waals surface area (Å²) in [5, 5.41) is 46.4. The van der Waals surface area contributed by atoms with Gasteiger partial charge in [0.1, 0.15) is 0 Å². The molecule has 6 aromatic rings. The zero-order chi connectivity index (χ0) is 54.3. The number of hydrogen-bond donors (Lipinski definition) is 0. The molecule has 0 aliphatic carbocycles. The Morgan fingerprint density at radius 2 is 0.676 bits per heavy atom. The fourth-order valence-electron chi connectivity index (χ4n) is 8.75. The summed E-state index contributed by atoms with van der Waals surface area (Å²) in [6.45, 7) is 38.4. The van der Waals surface area contributed by atoms with Crippen molar-refractivity contribution in [2.75, 3.05) is 26.3 Å². The summed E-state index contributed by atoms with van der Waals surface area (Å²) >= 11 is 0. The molecule has 0 saturated carbocycles. The summed E-state index contributed by atoms with van der Waals surface area (Å²) in [7, 11) is -5.89. The molecule has 1 saturated heterocycles. The van der Waals surface area contributed by atoms with Crippen LogP contribution in [0.25, 0.3) is 0 Å². The molecule has 0 atom stereocenters. The van der Waals surface area contributed by atoms with Gasteiger partial charge in [-0.05, 0) is 79.5 Å². The van der Waals surface area contributed by atoms with Gasteiger partial charge in [-0.3, -0.25) is 9.49 Å². The van der Waals surface area contributed by atoms with E-state index in [9.17, 15) is 5.11 Å². The molecular weight excluding hydrogens is 1020 g/mol. The van der Waals surface area contributed by atoms with Crippen molar-refractivity contribution in [3.63, 3.8) is 0 Å². The van der Waals surface area contributed by atoms with Crippen LogP contribution in [0.1, 0.15) is 153 Å². The summed E-state index contributed by atoms with van der Waals surface area (Å²) < 4.78 is 16.9. The van der Waals surface area contributed by atoms with Crippen LogP contribution in [-0.4, -0.2) is 31.9 Å². The van der Waals surface area contributed by atoms with E-state index in [1.807, 2.05) is 24.3 Å². The minimum absolute atomic E-state index is 0. The third-order valence-corrected chi connectivity index (χ3v) is 20.3. The van der Waals surface area contributed by atoms with Crippen molar-refractivity contribution < 1.29 is 52.8 Å². The van der Waals surface area contributed by atoms with E-state index in [0.29, 0.717) is 13.1 Å². The molecule has 1 aliphatic heterocycles. The third kappa shape index (κ3) is 16.0. The monoisotopic (exact) mass is 1110 g/mol. The first kappa shape index (κ1) is 62.9. The minimum atomic E-state index is -2.95. The van der Waals surface area contributed by atoms with Gasteiger partial charge in [0.25, 0.3) is 0 Å². The quantitative estimate of drug-likeness (QED) is 0.127. The van der Waals surface area contributed by atoms with Crippen LogP contribution in [0, 0.1) is 5.41 Å². The van der Waals surface area contributed by atoms with E-state index in [0.717, 1.165) is 67.3 Å². The maximum atomic E-state index is 15.3. The van der Waals surface area contributed by atoms with Gasteiger partial charge in [-0.1, -0.05) is 263 Å². The molecule has 0 spiro atoms. The van der Waals surface area contributed by atoms with Crippen molar-refractivity contribution in [1.29, 1.82) is 0 Å². The molecule has 0 amide bonds. The molecule has 0 bridgehead atoms. The van der Waals surface area contributed by atoms with Gasteiger partial charge >= 0.3 is 32.7 Å². The molecule has 0 N–H and O–H groups in total. The van der Waals surface area contributed by atoms with Crippen molar-refractivity contribution in [2.24, 2.45) is 14.9 Å². The number of ether oxygens (including phenoxy) is 1.